The number of carbonyl (C=O) groups is 1. The third-order valence-corrected chi connectivity index (χ3v) is 3.15. The van der Waals surface area contributed by atoms with Crippen molar-refractivity contribution in [2.24, 2.45) is 0 Å². The van der Waals surface area contributed by atoms with Crippen molar-refractivity contribution in [1.82, 2.24) is 14.6 Å². The smallest absolute Gasteiger partial charge is 0.180 e. The molecule has 0 amide bonds. The molecule has 2 rings (SSSR count). The number of carbonyl (C=O) groups excluding carboxylic acids is 1. The van der Waals surface area contributed by atoms with Crippen LogP contribution < -0.4 is 0 Å². The molecule has 2 aromatic rings. The van der Waals surface area contributed by atoms with Crippen LogP contribution in [0.5, 0.6) is 0 Å². The van der Waals surface area contributed by atoms with E-state index in [-0.39, 0.29) is 16.4 Å². The van der Waals surface area contributed by atoms with Gasteiger partial charge in [0.05, 0.1) is 6.20 Å². The van der Waals surface area contributed by atoms with E-state index in [2.05, 4.69) is 10.1 Å². The Bertz CT molecular complexity index is 672. The molecule has 0 aliphatic heterocycles. The lowest BCUT2D eigenvalue weighted by Crippen LogP contribution is -2.01. The number of sulfone groups is 1. The van der Waals surface area contributed by atoms with E-state index < -0.39 is 9.84 Å². The minimum atomic E-state index is -3.31. The summed E-state index contributed by atoms with van der Waals surface area (Å²) in [5.74, 6) is -0.189. The molecule has 6 nitrogen and oxygen atoms in total. The van der Waals surface area contributed by atoms with Gasteiger partial charge >= 0.3 is 0 Å². The number of hydrogen-bond donors (Lipinski definition) is 0. The zero-order valence-electron chi connectivity index (χ0n) is 8.71. The molecule has 0 atom stereocenters. The van der Waals surface area contributed by atoms with E-state index >= 15 is 0 Å². The summed E-state index contributed by atoms with van der Waals surface area (Å²) >= 11 is 0. The van der Waals surface area contributed by atoms with Gasteiger partial charge in [0.1, 0.15) is 10.6 Å². The van der Waals surface area contributed by atoms with E-state index in [0.717, 1.165) is 6.26 Å². The SMILES string of the molecule is CC(=O)c1cc2ncc(S(C)(=O)=O)cn2n1. The Morgan fingerprint density at radius 2 is 2.12 bits per heavy atom. The quantitative estimate of drug-likeness (QED) is 0.705. The molecule has 0 N–H and O–H groups in total. The third-order valence-electron chi connectivity index (χ3n) is 2.08. The van der Waals surface area contributed by atoms with Crippen LogP contribution in [0.2, 0.25) is 0 Å². The summed E-state index contributed by atoms with van der Waals surface area (Å²) in [5, 5.41) is 3.93. The second kappa shape index (κ2) is 3.38. The molecule has 0 aliphatic carbocycles. The van der Waals surface area contributed by atoms with Crippen LogP contribution in [0.4, 0.5) is 0 Å². The van der Waals surface area contributed by atoms with Crippen molar-refractivity contribution < 1.29 is 13.2 Å². The molecule has 2 aromatic heterocycles. The lowest BCUT2D eigenvalue weighted by atomic mass is 10.3. The van der Waals surface area contributed by atoms with Crippen molar-refractivity contribution in [1.29, 1.82) is 0 Å². The third kappa shape index (κ3) is 1.81. The van der Waals surface area contributed by atoms with Crippen LogP contribution in [0, 0.1) is 0 Å². The van der Waals surface area contributed by atoms with E-state index in [1.54, 1.807) is 0 Å². The Balaban J connectivity index is 2.67. The average molecular weight is 239 g/mol. The zero-order valence-corrected chi connectivity index (χ0v) is 9.52. The fourth-order valence-electron chi connectivity index (χ4n) is 1.22. The second-order valence-corrected chi connectivity index (χ2v) is 5.47. The average Bonchev–Trinajstić information content (AvgIpc) is 2.58. The normalized spacial score (nSPS) is 11.9. The first-order chi connectivity index (χ1) is 7.38. The van der Waals surface area contributed by atoms with Crippen LogP contribution in [-0.2, 0) is 9.84 Å². The van der Waals surface area contributed by atoms with Gasteiger partial charge in [0.2, 0.25) is 0 Å². The largest absolute Gasteiger partial charge is 0.293 e. The molecule has 0 bridgehead atoms. The van der Waals surface area contributed by atoms with Gasteiger partial charge < -0.3 is 0 Å². The maximum absolute atomic E-state index is 11.3. The molecule has 0 spiro atoms. The van der Waals surface area contributed by atoms with Gasteiger partial charge in [-0.1, -0.05) is 0 Å². The van der Waals surface area contributed by atoms with E-state index in [4.69, 9.17) is 0 Å². The highest BCUT2D eigenvalue weighted by Crippen LogP contribution is 2.10. The Kier molecular flexibility index (Phi) is 2.27. The molecule has 16 heavy (non-hydrogen) atoms. The molecule has 0 saturated heterocycles. The summed E-state index contributed by atoms with van der Waals surface area (Å²) in [5.41, 5.74) is 0.704. The van der Waals surface area contributed by atoms with Crippen LogP contribution in [0.25, 0.3) is 5.65 Å². The van der Waals surface area contributed by atoms with Crippen molar-refractivity contribution in [3.05, 3.63) is 24.2 Å². The van der Waals surface area contributed by atoms with E-state index in [1.807, 2.05) is 0 Å². The maximum atomic E-state index is 11.3. The molecule has 84 valence electrons. The van der Waals surface area contributed by atoms with E-state index in [9.17, 15) is 13.2 Å². The summed E-state index contributed by atoms with van der Waals surface area (Å²) < 4.78 is 23.8. The van der Waals surface area contributed by atoms with Crippen molar-refractivity contribution in [2.75, 3.05) is 6.26 Å². The number of hydrogen-bond acceptors (Lipinski definition) is 5. The highest BCUT2D eigenvalue weighted by atomic mass is 32.2. The number of Topliss-reactive ketones (excluding diaryl/α,β-unsaturated/α-hetero) is 1. The fourth-order valence-corrected chi connectivity index (χ4v) is 1.76. The predicted octanol–water partition coefficient (Wildman–Crippen LogP) is 0.335. The van der Waals surface area contributed by atoms with Crippen LogP contribution in [-0.4, -0.2) is 35.1 Å². The molecule has 0 radical (unpaired) electrons. The molecule has 2 heterocycles. The van der Waals surface area contributed by atoms with Crippen LogP contribution in [0.15, 0.2) is 23.4 Å². The van der Waals surface area contributed by atoms with Crippen molar-refractivity contribution >= 4 is 21.3 Å². The van der Waals surface area contributed by atoms with Gasteiger partial charge in [-0.3, -0.25) is 4.79 Å². The van der Waals surface area contributed by atoms with Crippen LogP contribution in [0.1, 0.15) is 17.4 Å². The highest BCUT2D eigenvalue weighted by Gasteiger charge is 2.11. The van der Waals surface area contributed by atoms with Gasteiger partial charge in [-0.2, -0.15) is 5.10 Å². The van der Waals surface area contributed by atoms with Crippen LogP contribution in [0.3, 0.4) is 0 Å². The molecule has 0 saturated carbocycles. The summed E-state index contributed by atoms with van der Waals surface area (Å²) in [6, 6.07) is 1.51. The summed E-state index contributed by atoms with van der Waals surface area (Å²) in [7, 11) is -3.31. The molecule has 0 unspecified atom stereocenters. The first kappa shape index (κ1) is 10.7. The molecule has 0 fully saturated rings. The van der Waals surface area contributed by atoms with Gasteiger partial charge in [0, 0.05) is 25.4 Å². The number of ketones is 1. The van der Waals surface area contributed by atoms with Crippen molar-refractivity contribution in [3.63, 3.8) is 0 Å². The van der Waals surface area contributed by atoms with E-state index in [0.29, 0.717) is 5.65 Å². The first-order valence-corrected chi connectivity index (χ1v) is 6.33. The minimum Gasteiger partial charge on any atom is -0.293 e. The van der Waals surface area contributed by atoms with Gasteiger partial charge in [-0.25, -0.2) is 17.9 Å². The predicted molar refractivity (Wildman–Crippen MR) is 56.1 cm³/mol. The standard InChI is InChI=1S/C9H9N3O3S/c1-6(13)8-3-9-10-4-7(16(2,14)15)5-12(9)11-8/h3-5H,1-2H3. The highest BCUT2D eigenvalue weighted by molar-refractivity contribution is 7.90. The summed E-state index contributed by atoms with van der Waals surface area (Å²) in [6.45, 7) is 1.39. The number of fused-ring (bicyclic) bond motifs is 1. The number of aromatic nitrogens is 3. The Hall–Kier alpha value is -1.76. The maximum Gasteiger partial charge on any atom is 0.180 e. The van der Waals surface area contributed by atoms with Gasteiger partial charge in [-0.05, 0) is 0 Å². The number of rotatable bonds is 2. The Labute approximate surface area is 91.8 Å². The van der Waals surface area contributed by atoms with Crippen LogP contribution >= 0.6 is 0 Å². The topological polar surface area (TPSA) is 81.4 Å². The molecule has 0 aromatic carbocycles. The summed E-state index contributed by atoms with van der Waals surface area (Å²) in [4.78, 5) is 15.1. The minimum absolute atomic E-state index is 0.0678. The monoisotopic (exact) mass is 239 g/mol. The molecular formula is C9H9N3O3S. The van der Waals surface area contributed by atoms with Crippen molar-refractivity contribution in [3.8, 4) is 0 Å². The lowest BCUT2D eigenvalue weighted by Gasteiger charge is -1.97. The van der Waals surface area contributed by atoms with Gasteiger partial charge in [-0.15, -0.1) is 0 Å². The zero-order chi connectivity index (χ0) is 11.9. The second-order valence-electron chi connectivity index (χ2n) is 3.45. The van der Waals surface area contributed by atoms with Gasteiger partial charge in [0.15, 0.2) is 21.3 Å². The first-order valence-electron chi connectivity index (χ1n) is 4.44. The molecule has 7 heteroatoms. The fraction of sp³-hybridized carbons (Fsp3) is 0.222. The molecule has 0 aliphatic rings. The molecular weight excluding hydrogens is 230 g/mol. The summed E-state index contributed by atoms with van der Waals surface area (Å²) in [6.07, 6.45) is 3.67. The lowest BCUT2D eigenvalue weighted by molar-refractivity contribution is 0.101. The Morgan fingerprint density at radius 1 is 1.44 bits per heavy atom. The van der Waals surface area contributed by atoms with Crippen molar-refractivity contribution in [2.45, 2.75) is 11.8 Å². The Morgan fingerprint density at radius 3 is 2.69 bits per heavy atom. The number of nitrogens with zero attached hydrogens (tertiary/aromatic N) is 3. The van der Waals surface area contributed by atoms with Gasteiger partial charge in [0.25, 0.3) is 0 Å². The van der Waals surface area contributed by atoms with E-state index in [1.165, 1.54) is 29.9 Å².